The monoisotopic (exact) mass is 296 g/mol. The predicted molar refractivity (Wildman–Crippen MR) is 76.8 cm³/mol. The van der Waals surface area contributed by atoms with E-state index in [1.165, 1.54) is 29.4 Å². The molecular weight excluding hydrogens is 280 g/mol. The SMILES string of the molecule is CNC(=O)CN(C)C(=O)c1cc(C)c(/C=C/C(=O)O)s1. The molecule has 1 heterocycles. The molecule has 0 bridgehead atoms. The Morgan fingerprint density at radius 2 is 2.10 bits per heavy atom. The largest absolute Gasteiger partial charge is 0.478 e. The smallest absolute Gasteiger partial charge is 0.328 e. The Hall–Kier alpha value is -2.15. The van der Waals surface area contributed by atoms with E-state index in [2.05, 4.69) is 5.32 Å². The number of likely N-dealkylation sites (N-methyl/N-ethyl adjacent to an activating group) is 2. The molecule has 20 heavy (non-hydrogen) atoms. The second kappa shape index (κ2) is 6.85. The molecule has 0 radical (unpaired) electrons. The number of hydrogen-bond acceptors (Lipinski definition) is 4. The number of rotatable bonds is 5. The Balaban J connectivity index is 2.87. The third-order valence-corrected chi connectivity index (χ3v) is 3.74. The molecule has 6 nitrogen and oxygen atoms in total. The van der Waals surface area contributed by atoms with E-state index in [-0.39, 0.29) is 18.4 Å². The van der Waals surface area contributed by atoms with Gasteiger partial charge in [0.25, 0.3) is 5.91 Å². The fraction of sp³-hybridized carbons (Fsp3) is 0.308. The molecule has 0 aromatic carbocycles. The van der Waals surface area contributed by atoms with E-state index in [1.54, 1.807) is 20.0 Å². The summed E-state index contributed by atoms with van der Waals surface area (Å²) in [5, 5.41) is 11.0. The van der Waals surface area contributed by atoms with E-state index in [1.807, 2.05) is 0 Å². The second-order valence-electron chi connectivity index (χ2n) is 4.16. The van der Waals surface area contributed by atoms with Crippen molar-refractivity contribution in [3.05, 3.63) is 27.5 Å². The minimum atomic E-state index is -1.04. The normalized spacial score (nSPS) is 10.6. The predicted octanol–water partition coefficient (Wildman–Crippen LogP) is 0.972. The molecule has 0 aliphatic heterocycles. The molecular formula is C13H16N2O4S. The summed E-state index contributed by atoms with van der Waals surface area (Å²) in [7, 11) is 3.05. The number of amides is 2. The Morgan fingerprint density at radius 3 is 2.65 bits per heavy atom. The van der Waals surface area contributed by atoms with Crippen molar-refractivity contribution < 1.29 is 19.5 Å². The fourth-order valence-corrected chi connectivity index (χ4v) is 2.54. The van der Waals surface area contributed by atoms with Gasteiger partial charge in [-0.2, -0.15) is 0 Å². The third-order valence-electron chi connectivity index (χ3n) is 2.55. The molecule has 0 saturated heterocycles. The first-order valence-corrected chi connectivity index (χ1v) is 6.64. The molecule has 0 saturated carbocycles. The van der Waals surface area contributed by atoms with E-state index >= 15 is 0 Å². The zero-order chi connectivity index (χ0) is 15.3. The maximum atomic E-state index is 12.1. The highest BCUT2D eigenvalue weighted by molar-refractivity contribution is 7.15. The number of carboxylic acids is 1. The molecule has 1 aromatic rings. The van der Waals surface area contributed by atoms with Crippen molar-refractivity contribution in [2.75, 3.05) is 20.6 Å². The lowest BCUT2D eigenvalue weighted by Crippen LogP contribution is -2.36. The summed E-state index contributed by atoms with van der Waals surface area (Å²) in [6.07, 6.45) is 2.49. The van der Waals surface area contributed by atoms with Crippen LogP contribution >= 0.6 is 11.3 Å². The van der Waals surface area contributed by atoms with Gasteiger partial charge in [0.2, 0.25) is 5.91 Å². The average Bonchev–Trinajstić information content (AvgIpc) is 2.76. The van der Waals surface area contributed by atoms with Crippen molar-refractivity contribution in [2.45, 2.75) is 6.92 Å². The van der Waals surface area contributed by atoms with Gasteiger partial charge in [-0.3, -0.25) is 9.59 Å². The van der Waals surface area contributed by atoms with E-state index in [0.29, 0.717) is 9.75 Å². The van der Waals surface area contributed by atoms with Gasteiger partial charge in [-0.25, -0.2) is 4.79 Å². The number of thiophene rings is 1. The van der Waals surface area contributed by atoms with Gasteiger partial charge < -0.3 is 15.3 Å². The third kappa shape index (κ3) is 4.20. The van der Waals surface area contributed by atoms with Crippen molar-refractivity contribution in [2.24, 2.45) is 0 Å². The quantitative estimate of drug-likeness (QED) is 0.793. The average molecular weight is 296 g/mol. The lowest BCUT2D eigenvalue weighted by molar-refractivity contribution is -0.131. The van der Waals surface area contributed by atoms with E-state index < -0.39 is 5.97 Å². The molecule has 0 aliphatic carbocycles. The first kappa shape index (κ1) is 15.9. The summed E-state index contributed by atoms with van der Waals surface area (Å²) in [5.41, 5.74) is 0.823. The molecule has 7 heteroatoms. The Labute approximate surface area is 120 Å². The van der Waals surface area contributed by atoms with Gasteiger partial charge in [0.05, 0.1) is 11.4 Å². The van der Waals surface area contributed by atoms with Gasteiger partial charge in [-0.1, -0.05) is 0 Å². The van der Waals surface area contributed by atoms with Crippen LogP contribution in [0.2, 0.25) is 0 Å². The summed E-state index contributed by atoms with van der Waals surface area (Å²) in [6.45, 7) is 1.78. The van der Waals surface area contributed by atoms with Crippen molar-refractivity contribution in [1.29, 1.82) is 0 Å². The number of aliphatic carboxylic acids is 1. The number of aryl methyl sites for hydroxylation is 1. The molecule has 2 amide bonds. The topological polar surface area (TPSA) is 86.7 Å². The standard InChI is InChI=1S/C13H16N2O4S/c1-8-6-10(20-9(8)4-5-12(17)18)13(19)15(3)7-11(16)14-2/h4-6H,7H2,1-3H3,(H,14,16)(H,17,18)/b5-4+. The number of carbonyl (C=O) groups is 3. The van der Waals surface area contributed by atoms with Gasteiger partial charge >= 0.3 is 5.97 Å². The number of nitrogens with one attached hydrogen (secondary N) is 1. The summed E-state index contributed by atoms with van der Waals surface area (Å²) < 4.78 is 0. The highest BCUT2D eigenvalue weighted by Crippen LogP contribution is 2.24. The number of carboxylic acid groups (broad SMARTS) is 1. The van der Waals surface area contributed by atoms with Crippen molar-refractivity contribution >= 4 is 35.2 Å². The molecule has 0 atom stereocenters. The minimum Gasteiger partial charge on any atom is -0.478 e. The van der Waals surface area contributed by atoms with Crippen molar-refractivity contribution in [3.63, 3.8) is 0 Å². The Morgan fingerprint density at radius 1 is 1.45 bits per heavy atom. The van der Waals surface area contributed by atoms with Crippen LogP contribution in [-0.4, -0.2) is 48.4 Å². The Bertz CT molecular complexity index is 563. The van der Waals surface area contributed by atoms with Gasteiger partial charge in [0.15, 0.2) is 0 Å². The molecule has 0 fully saturated rings. The van der Waals surface area contributed by atoms with E-state index in [9.17, 15) is 14.4 Å². The van der Waals surface area contributed by atoms with Crippen LogP contribution in [0.25, 0.3) is 6.08 Å². The highest BCUT2D eigenvalue weighted by atomic mass is 32.1. The lowest BCUT2D eigenvalue weighted by atomic mass is 10.2. The zero-order valence-electron chi connectivity index (χ0n) is 11.5. The summed E-state index contributed by atoms with van der Waals surface area (Å²) in [4.78, 5) is 36.3. The number of nitrogens with zero attached hydrogens (tertiary/aromatic N) is 1. The molecule has 0 unspecified atom stereocenters. The van der Waals surface area contributed by atoms with Gasteiger partial charge in [0.1, 0.15) is 0 Å². The van der Waals surface area contributed by atoms with Crippen LogP contribution in [0.3, 0.4) is 0 Å². The minimum absolute atomic E-state index is 0.0213. The summed E-state index contributed by atoms with van der Waals surface area (Å²) in [6, 6.07) is 1.69. The van der Waals surface area contributed by atoms with Gasteiger partial charge in [-0.15, -0.1) is 11.3 Å². The maximum absolute atomic E-state index is 12.1. The maximum Gasteiger partial charge on any atom is 0.328 e. The van der Waals surface area contributed by atoms with E-state index in [0.717, 1.165) is 11.6 Å². The second-order valence-corrected chi connectivity index (χ2v) is 5.25. The van der Waals surface area contributed by atoms with Crippen molar-refractivity contribution in [3.8, 4) is 0 Å². The first-order valence-electron chi connectivity index (χ1n) is 5.82. The molecule has 108 valence electrons. The van der Waals surface area contributed by atoms with Crippen molar-refractivity contribution in [1.82, 2.24) is 10.2 Å². The number of hydrogen-bond donors (Lipinski definition) is 2. The molecule has 2 N–H and O–H groups in total. The fourth-order valence-electron chi connectivity index (χ4n) is 1.47. The zero-order valence-corrected chi connectivity index (χ0v) is 12.3. The van der Waals surface area contributed by atoms with Crippen LogP contribution in [0.1, 0.15) is 20.1 Å². The number of carbonyl (C=O) groups excluding carboxylic acids is 2. The van der Waals surface area contributed by atoms with Crippen LogP contribution < -0.4 is 5.32 Å². The van der Waals surface area contributed by atoms with E-state index in [4.69, 9.17) is 5.11 Å². The van der Waals surface area contributed by atoms with Gasteiger partial charge in [-0.05, 0) is 24.6 Å². The summed E-state index contributed by atoms with van der Waals surface area (Å²) >= 11 is 1.20. The van der Waals surface area contributed by atoms with Gasteiger partial charge in [0, 0.05) is 25.0 Å². The van der Waals surface area contributed by atoms with Crippen LogP contribution in [0.15, 0.2) is 12.1 Å². The molecule has 1 aromatic heterocycles. The van der Waals surface area contributed by atoms with Crippen LogP contribution in [0.5, 0.6) is 0 Å². The highest BCUT2D eigenvalue weighted by Gasteiger charge is 2.17. The lowest BCUT2D eigenvalue weighted by Gasteiger charge is -2.14. The molecule has 0 aliphatic rings. The molecule has 0 spiro atoms. The van der Waals surface area contributed by atoms with Crippen LogP contribution in [0, 0.1) is 6.92 Å². The van der Waals surface area contributed by atoms with Crippen LogP contribution in [-0.2, 0) is 9.59 Å². The first-order chi connectivity index (χ1) is 9.35. The summed E-state index contributed by atoms with van der Waals surface area (Å²) in [5.74, 6) is -1.56. The van der Waals surface area contributed by atoms with Crippen LogP contribution in [0.4, 0.5) is 0 Å². The Kier molecular flexibility index (Phi) is 5.45. The molecule has 1 rings (SSSR count).